The van der Waals surface area contributed by atoms with Gasteiger partial charge in [0.1, 0.15) is 5.82 Å². The number of carbonyl (C=O) groups is 1. The van der Waals surface area contributed by atoms with Crippen LogP contribution in [0.2, 0.25) is 5.02 Å². The van der Waals surface area contributed by atoms with Crippen LogP contribution in [0.1, 0.15) is 10.4 Å². The van der Waals surface area contributed by atoms with Gasteiger partial charge in [-0.2, -0.15) is 4.39 Å². The Kier molecular flexibility index (Phi) is 3.93. The van der Waals surface area contributed by atoms with Gasteiger partial charge in [0.15, 0.2) is 0 Å². The third-order valence-corrected chi connectivity index (χ3v) is 3.37. The summed E-state index contributed by atoms with van der Waals surface area (Å²) in [4.78, 5) is 15.4. The highest BCUT2D eigenvalue weighted by Crippen LogP contribution is 2.23. The lowest BCUT2D eigenvalue weighted by molar-refractivity contribution is 0.102. The Morgan fingerprint density at radius 3 is 2.78 bits per heavy atom. The van der Waals surface area contributed by atoms with Crippen LogP contribution >= 0.6 is 27.5 Å². The van der Waals surface area contributed by atoms with Crippen molar-refractivity contribution in [2.24, 2.45) is 0 Å². The van der Waals surface area contributed by atoms with Gasteiger partial charge in [-0.25, -0.2) is 4.98 Å². The van der Waals surface area contributed by atoms with Gasteiger partial charge in [0.2, 0.25) is 5.95 Å². The van der Waals surface area contributed by atoms with Gasteiger partial charge >= 0.3 is 0 Å². The van der Waals surface area contributed by atoms with Crippen molar-refractivity contribution in [3.05, 3.63) is 57.4 Å². The van der Waals surface area contributed by atoms with E-state index in [1.165, 1.54) is 24.3 Å². The molecule has 2 aromatic rings. The van der Waals surface area contributed by atoms with E-state index in [1.807, 2.05) is 0 Å². The van der Waals surface area contributed by atoms with Gasteiger partial charge < -0.3 is 5.32 Å². The fourth-order valence-corrected chi connectivity index (χ4v) is 1.73. The molecule has 1 amide bonds. The fraction of sp³-hybridized carbons (Fsp3) is 0. The molecule has 0 spiro atoms. The molecule has 0 radical (unpaired) electrons. The summed E-state index contributed by atoms with van der Waals surface area (Å²) in [6, 6.07) is 8.95. The highest BCUT2D eigenvalue weighted by atomic mass is 79.9. The number of hydrogen-bond acceptors (Lipinski definition) is 2. The highest BCUT2D eigenvalue weighted by Gasteiger charge is 2.09. The Hall–Kier alpha value is -1.46. The summed E-state index contributed by atoms with van der Waals surface area (Å²) in [5.74, 6) is -0.900. The summed E-state index contributed by atoms with van der Waals surface area (Å²) in [6.07, 6.45) is 0. The lowest BCUT2D eigenvalue weighted by atomic mass is 10.2. The summed E-state index contributed by atoms with van der Waals surface area (Å²) in [7, 11) is 0. The van der Waals surface area contributed by atoms with Crippen molar-refractivity contribution >= 4 is 39.3 Å². The molecule has 0 fully saturated rings. The van der Waals surface area contributed by atoms with Crippen LogP contribution in [-0.4, -0.2) is 10.9 Å². The van der Waals surface area contributed by atoms with E-state index in [1.54, 1.807) is 12.1 Å². The van der Waals surface area contributed by atoms with E-state index in [4.69, 9.17) is 11.6 Å². The van der Waals surface area contributed by atoms with Crippen LogP contribution in [0.5, 0.6) is 0 Å². The molecular formula is C12H7BrClFN2O. The zero-order valence-corrected chi connectivity index (χ0v) is 11.3. The van der Waals surface area contributed by atoms with Gasteiger partial charge in [-0.15, -0.1) is 0 Å². The van der Waals surface area contributed by atoms with Crippen LogP contribution in [0.15, 0.2) is 40.9 Å². The maximum absolute atomic E-state index is 12.8. The number of amides is 1. The number of nitrogens with zero attached hydrogens (tertiary/aromatic N) is 1. The minimum atomic E-state index is -0.651. The van der Waals surface area contributed by atoms with E-state index >= 15 is 0 Å². The average molecular weight is 330 g/mol. The van der Waals surface area contributed by atoms with Crippen molar-refractivity contribution in [2.45, 2.75) is 0 Å². The topological polar surface area (TPSA) is 42.0 Å². The number of nitrogens with one attached hydrogen (secondary N) is 1. The predicted molar refractivity (Wildman–Crippen MR) is 71.3 cm³/mol. The molecule has 0 unspecified atom stereocenters. The monoisotopic (exact) mass is 328 g/mol. The van der Waals surface area contributed by atoms with Gasteiger partial charge in [0, 0.05) is 10.0 Å². The molecule has 3 nitrogen and oxygen atoms in total. The van der Waals surface area contributed by atoms with Crippen molar-refractivity contribution < 1.29 is 9.18 Å². The van der Waals surface area contributed by atoms with Gasteiger partial charge in [-0.05, 0) is 46.3 Å². The molecule has 6 heteroatoms. The molecule has 18 heavy (non-hydrogen) atoms. The number of pyridine rings is 1. The van der Waals surface area contributed by atoms with Crippen molar-refractivity contribution in [2.75, 3.05) is 5.32 Å². The molecule has 1 aromatic carbocycles. The van der Waals surface area contributed by atoms with E-state index in [-0.39, 0.29) is 5.82 Å². The van der Waals surface area contributed by atoms with E-state index in [9.17, 15) is 9.18 Å². The Morgan fingerprint density at radius 2 is 2.11 bits per heavy atom. The average Bonchev–Trinajstić information content (AvgIpc) is 2.32. The molecule has 2 rings (SSSR count). The molecule has 0 aliphatic rings. The largest absolute Gasteiger partial charge is 0.306 e. The minimum absolute atomic E-state index is 0.152. The first-order valence-corrected chi connectivity index (χ1v) is 6.12. The SMILES string of the molecule is O=C(Nc1cccc(F)n1)c1ccc(Br)c(Cl)c1. The summed E-state index contributed by atoms with van der Waals surface area (Å²) in [5, 5.41) is 2.91. The number of aromatic nitrogens is 1. The first-order chi connectivity index (χ1) is 8.56. The van der Waals surface area contributed by atoms with Crippen LogP contribution in [0, 0.1) is 5.95 Å². The van der Waals surface area contributed by atoms with Crippen LogP contribution in [-0.2, 0) is 0 Å². The third kappa shape index (κ3) is 3.05. The van der Waals surface area contributed by atoms with Crippen molar-refractivity contribution in [3.63, 3.8) is 0 Å². The lowest BCUT2D eigenvalue weighted by Crippen LogP contribution is -2.13. The van der Waals surface area contributed by atoms with Gasteiger partial charge in [0.05, 0.1) is 5.02 Å². The minimum Gasteiger partial charge on any atom is -0.306 e. The molecule has 1 N–H and O–H groups in total. The molecule has 1 aromatic heterocycles. The molecule has 0 aliphatic carbocycles. The summed E-state index contributed by atoms with van der Waals surface area (Å²) >= 11 is 9.11. The highest BCUT2D eigenvalue weighted by molar-refractivity contribution is 9.10. The molecule has 1 heterocycles. The molecule has 0 atom stereocenters. The second-order valence-corrected chi connectivity index (χ2v) is 4.69. The second kappa shape index (κ2) is 5.46. The molecular weight excluding hydrogens is 323 g/mol. The molecule has 0 bridgehead atoms. The maximum Gasteiger partial charge on any atom is 0.256 e. The summed E-state index contributed by atoms with van der Waals surface area (Å²) < 4.78 is 13.5. The van der Waals surface area contributed by atoms with E-state index in [0.29, 0.717) is 15.1 Å². The van der Waals surface area contributed by atoms with E-state index in [0.717, 1.165) is 0 Å². The Balaban J connectivity index is 2.19. The van der Waals surface area contributed by atoms with Crippen LogP contribution in [0.25, 0.3) is 0 Å². The van der Waals surface area contributed by atoms with E-state index in [2.05, 4.69) is 26.2 Å². The molecule has 0 aliphatic heterocycles. The number of rotatable bonds is 2. The van der Waals surface area contributed by atoms with Crippen molar-refractivity contribution in [3.8, 4) is 0 Å². The number of carbonyl (C=O) groups excluding carboxylic acids is 1. The molecule has 92 valence electrons. The van der Waals surface area contributed by atoms with Crippen LogP contribution in [0.3, 0.4) is 0 Å². The van der Waals surface area contributed by atoms with Gasteiger partial charge in [-0.3, -0.25) is 4.79 Å². The summed E-state index contributed by atoms with van der Waals surface area (Å²) in [5.41, 5.74) is 0.370. The quantitative estimate of drug-likeness (QED) is 0.849. The zero-order chi connectivity index (χ0) is 13.1. The molecule has 0 saturated carbocycles. The summed E-state index contributed by atoms with van der Waals surface area (Å²) in [6.45, 7) is 0. The fourth-order valence-electron chi connectivity index (χ4n) is 1.30. The zero-order valence-electron chi connectivity index (χ0n) is 8.95. The van der Waals surface area contributed by atoms with Crippen LogP contribution in [0.4, 0.5) is 10.2 Å². The van der Waals surface area contributed by atoms with Crippen molar-refractivity contribution in [1.82, 2.24) is 4.98 Å². The second-order valence-electron chi connectivity index (χ2n) is 3.43. The van der Waals surface area contributed by atoms with Gasteiger partial charge in [0.25, 0.3) is 5.91 Å². The lowest BCUT2D eigenvalue weighted by Gasteiger charge is -2.05. The Labute approximate surface area is 116 Å². The Bertz CT molecular complexity index is 606. The first-order valence-electron chi connectivity index (χ1n) is 4.95. The van der Waals surface area contributed by atoms with Gasteiger partial charge in [-0.1, -0.05) is 17.7 Å². The number of halogens is 3. The normalized spacial score (nSPS) is 10.2. The van der Waals surface area contributed by atoms with E-state index < -0.39 is 11.9 Å². The van der Waals surface area contributed by atoms with Crippen LogP contribution < -0.4 is 5.32 Å². The third-order valence-electron chi connectivity index (χ3n) is 2.14. The predicted octanol–water partition coefficient (Wildman–Crippen LogP) is 3.89. The smallest absolute Gasteiger partial charge is 0.256 e. The number of hydrogen-bond donors (Lipinski definition) is 1. The number of benzene rings is 1. The first kappa shape index (κ1) is 13.0. The number of anilines is 1. The maximum atomic E-state index is 12.8. The Morgan fingerprint density at radius 1 is 1.33 bits per heavy atom. The standard InChI is InChI=1S/C12H7BrClFN2O/c13-8-5-4-7(6-9(8)14)12(18)17-11-3-1-2-10(15)16-11/h1-6H,(H,16,17,18). The molecule has 0 saturated heterocycles. The van der Waals surface area contributed by atoms with Crippen molar-refractivity contribution in [1.29, 1.82) is 0 Å².